The van der Waals surface area contributed by atoms with Gasteiger partial charge in [0, 0.05) is 37.9 Å². The molecule has 0 aromatic heterocycles. The van der Waals surface area contributed by atoms with Gasteiger partial charge in [0.05, 0.1) is 18.6 Å². The summed E-state index contributed by atoms with van der Waals surface area (Å²) in [7, 11) is -1.98. The van der Waals surface area contributed by atoms with Crippen molar-refractivity contribution in [3.63, 3.8) is 0 Å². The minimum absolute atomic E-state index is 0.134. The van der Waals surface area contributed by atoms with Crippen LogP contribution in [0.4, 0.5) is 5.69 Å². The number of amides is 1. The SMILES string of the molecule is COc1cccc(NC(=O)CN2CCN(S(=O)(=O)c3c(C)cc(C)cc3C)CC2)c1. The van der Waals surface area contributed by atoms with Crippen LogP contribution in [0.15, 0.2) is 41.3 Å². The third-order valence-corrected chi connectivity index (χ3v) is 7.46. The maximum Gasteiger partial charge on any atom is 0.243 e. The van der Waals surface area contributed by atoms with Gasteiger partial charge in [-0.1, -0.05) is 23.8 Å². The molecule has 1 heterocycles. The molecule has 3 rings (SSSR count). The van der Waals surface area contributed by atoms with E-state index in [2.05, 4.69) is 5.32 Å². The number of carbonyl (C=O) groups excluding carboxylic acids is 1. The van der Waals surface area contributed by atoms with Gasteiger partial charge >= 0.3 is 0 Å². The minimum Gasteiger partial charge on any atom is -0.497 e. The molecule has 8 heteroatoms. The predicted molar refractivity (Wildman–Crippen MR) is 117 cm³/mol. The zero-order chi connectivity index (χ0) is 21.9. The second-order valence-electron chi connectivity index (χ2n) is 7.69. The van der Waals surface area contributed by atoms with Gasteiger partial charge in [-0.15, -0.1) is 0 Å². The van der Waals surface area contributed by atoms with E-state index in [4.69, 9.17) is 4.74 Å². The molecular weight excluding hydrogens is 402 g/mol. The number of sulfonamides is 1. The molecule has 1 amide bonds. The Morgan fingerprint density at radius 2 is 1.67 bits per heavy atom. The van der Waals surface area contributed by atoms with Crippen molar-refractivity contribution in [2.45, 2.75) is 25.7 Å². The van der Waals surface area contributed by atoms with Gasteiger partial charge in [-0.3, -0.25) is 9.69 Å². The summed E-state index contributed by atoms with van der Waals surface area (Å²) in [4.78, 5) is 14.7. The quantitative estimate of drug-likeness (QED) is 0.761. The number of carbonyl (C=O) groups is 1. The molecule has 1 aliphatic heterocycles. The summed E-state index contributed by atoms with van der Waals surface area (Å²) in [5, 5.41) is 2.86. The Kier molecular flexibility index (Phi) is 6.80. The van der Waals surface area contributed by atoms with E-state index in [9.17, 15) is 13.2 Å². The number of hydrogen-bond donors (Lipinski definition) is 1. The molecule has 7 nitrogen and oxygen atoms in total. The van der Waals surface area contributed by atoms with Crippen molar-refractivity contribution in [3.8, 4) is 5.75 Å². The van der Waals surface area contributed by atoms with E-state index in [0.29, 0.717) is 42.5 Å². The summed E-state index contributed by atoms with van der Waals surface area (Å²) in [6.45, 7) is 7.60. The van der Waals surface area contributed by atoms with Gasteiger partial charge in [0.15, 0.2) is 0 Å². The highest BCUT2D eigenvalue weighted by Crippen LogP contribution is 2.26. The molecule has 0 radical (unpaired) electrons. The fraction of sp³-hybridized carbons (Fsp3) is 0.409. The van der Waals surface area contributed by atoms with E-state index < -0.39 is 10.0 Å². The Bertz CT molecular complexity index is 1010. The Balaban J connectivity index is 1.60. The Labute approximate surface area is 178 Å². The number of ether oxygens (including phenoxy) is 1. The lowest BCUT2D eigenvalue weighted by molar-refractivity contribution is -0.117. The summed E-state index contributed by atoms with van der Waals surface area (Å²) < 4.78 is 33.1. The van der Waals surface area contributed by atoms with E-state index in [0.717, 1.165) is 16.7 Å². The molecule has 2 aromatic rings. The Hall–Kier alpha value is -2.42. The molecule has 1 aliphatic rings. The number of methoxy groups -OCH3 is 1. The second kappa shape index (κ2) is 9.16. The molecule has 0 atom stereocenters. The summed E-state index contributed by atoms with van der Waals surface area (Å²) in [6.07, 6.45) is 0. The van der Waals surface area contributed by atoms with Crippen molar-refractivity contribution in [3.05, 3.63) is 53.1 Å². The number of nitrogens with one attached hydrogen (secondary N) is 1. The number of rotatable bonds is 6. The third-order valence-electron chi connectivity index (χ3n) is 5.25. The molecule has 0 unspecified atom stereocenters. The number of anilines is 1. The van der Waals surface area contributed by atoms with E-state index in [1.54, 1.807) is 19.2 Å². The second-order valence-corrected chi connectivity index (χ2v) is 9.56. The lowest BCUT2D eigenvalue weighted by Gasteiger charge is -2.34. The highest BCUT2D eigenvalue weighted by molar-refractivity contribution is 7.89. The van der Waals surface area contributed by atoms with Crippen LogP contribution in [0, 0.1) is 20.8 Å². The monoisotopic (exact) mass is 431 g/mol. The molecule has 30 heavy (non-hydrogen) atoms. The van der Waals surface area contributed by atoms with Crippen LogP contribution in [0.2, 0.25) is 0 Å². The van der Waals surface area contributed by atoms with Crippen molar-refractivity contribution in [1.29, 1.82) is 0 Å². The molecule has 0 spiro atoms. The molecule has 0 bridgehead atoms. The van der Waals surface area contributed by atoms with Crippen molar-refractivity contribution in [2.75, 3.05) is 45.2 Å². The van der Waals surface area contributed by atoms with E-state index in [1.807, 2.05) is 49.9 Å². The van der Waals surface area contributed by atoms with Crippen molar-refractivity contribution < 1.29 is 17.9 Å². The first kappa shape index (κ1) is 22.3. The molecule has 0 aliphatic carbocycles. The molecular formula is C22H29N3O4S. The van der Waals surface area contributed by atoms with Crippen LogP contribution < -0.4 is 10.1 Å². The molecule has 1 fully saturated rings. The molecule has 1 saturated heterocycles. The third kappa shape index (κ3) is 5.00. The molecule has 0 saturated carbocycles. The first-order chi connectivity index (χ1) is 14.2. The van der Waals surface area contributed by atoms with Crippen LogP contribution >= 0.6 is 0 Å². The van der Waals surface area contributed by atoms with Crippen molar-refractivity contribution >= 4 is 21.6 Å². The molecule has 1 N–H and O–H groups in total. The van der Waals surface area contributed by atoms with Gasteiger partial charge in [-0.2, -0.15) is 4.31 Å². The van der Waals surface area contributed by atoms with Gasteiger partial charge < -0.3 is 10.1 Å². The topological polar surface area (TPSA) is 79.0 Å². The van der Waals surface area contributed by atoms with E-state index in [1.165, 1.54) is 4.31 Å². The lowest BCUT2D eigenvalue weighted by Crippen LogP contribution is -2.50. The number of hydrogen-bond acceptors (Lipinski definition) is 5. The highest BCUT2D eigenvalue weighted by Gasteiger charge is 2.31. The maximum absolute atomic E-state index is 13.2. The van der Waals surface area contributed by atoms with Gasteiger partial charge in [-0.25, -0.2) is 8.42 Å². The Morgan fingerprint density at radius 1 is 1.03 bits per heavy atom. The number of nitrogens with zero attached hydrogens (tertiary/aromatic N) is 2. The molecule has 2 aromatic carbocycles. The van der Waals surface area contributed by atoms with Crippen LogP contribution in [-0.4, -0.2) is 63.4 Å². The summed E-state index contributed by atoms with van der Waals surface area (Å²) in [6, 6.07) is 11.0. The number of aryl methyl sites for hydroxylation is 3. The van der Waals surface area contributed by atoms with Crippen LogP contribution in [0.5, 0.6) is 5.75 Å². The summed E-state index contributed by atoms with van der Waals surface area (Å²) in [5.41, 5.74) is 3.27. The zero-order valence-electron chi connectivity index (χ0n) is 17.9. The first-order valence-corrected chi connectivity index (χ1v) is 11.4. The normalized spacial score (nSPS) is 15.7. The van der Waals surface area contributed by atoms with E-state index >= 15 is 0 Å². The average Bonchev–Trinajstić information content (AvgIpc) is 2.67. The fourth-order valence-corrected chi connectivity index (χ4v) is 5.77. The highest BCUT2D eigenvalue weighted by atomic mass is 32.2. The first-order valence-electron chi connectivity index (χ1n) is 9.95. The fourth-order valence-electron chi connectivity index (χ4n) is 3.94. The smallest absolute Gasteiger partial charge is 0.243 e. The Morgan fingerprint density at radius 3 is 2.27 bits per heavy atom. The van der Waals surface area contributed by atoms with Crippen LogP contribution in [-0.2, 0) is 14.8 Å². The lowest BCUT2D eigenvalue weighted by atomic mass is 10.1. The predicted octanol–water partition coefficient (Wildman–Crippen LogP) is 2.57. The van der Waals surface area contributed by atoms with Gasteiger partial charge in [0.1, 0.15) is 5.75 Å². The van der Waals surface area contributed by atoms with E-state index in [-0.39, 0.29) is 12.5 Å². The van der Waals surface area contributed by atoms with Crippen LogP contribution in [0.3, 0.4) is 0 Å². The van der Waals surface area contributed by atoms with Gasteiger partial charge in [0.25, 0.3) is 0 Å². The van der Waals surface area contributed by atoms with Crippen molar-refractivity contribution in [1.82, 2.24) is 9.21 Å². The summed E-state index contributed by atoms with van der Waals surface area (Å²) in [5.74, 6) is 0.540. The standard InChI is InChI=1S/C22H29N3O4S/c1-16-12-17(2)22(18(3)13-16)30(27,28)25-10-8-24(9-11-25)15-21(26)23-19-6-5-7-20(14-19)29-4/h5-7,12-14H,8-11,15H2,1-4H3,(H,23,26). The maximum atomic E-state index is 13.2. The largest absolute Gasteiger partial charge is 0.497 e. The number of piperazine rings is 1. The van der Waals surface area contributed by atoms with Crippen LogP contribution in [0.1, 0.15) is 16.7 Å². The minimum atomic E-state index is -3.56. The van der Waals surface area contributed by atoms with Crippen molar-refractivity contribution in [2.24, 2.45) is 0 Å². The summed E-state index contributed by atoms with van der Waals surface area (Å²) >= 11 is 0. The van der Waals surface area contributed by atoms with Crippen LogP contribution in [0.25, 0.3) is 0 Å². The van der Waals surface area contributed by atoms with Gasteiger partial charge in [-0.05, 0) is 44.0 Å². The zero-order valence-corrected chi connectivity index (χ0v) is 18.8. The number of benzene rings is 2. The van der Waals surface area contributed by atoms with Gasteiger partial charge in [0.2, 0.25) is 15.9 Å². The average molecular weight is 432 g/mol. The molecule has 162 valence electrons.